The first-order valence-corrected chi connectivity index (χ1v) is 5.83. The molecule has 1 saturated carbocycles. The van der Waals surface area contributed by atoms with Crippen LogP contribution in [0.2, 0.25) is 0 Å². The van der Waals surface area contributed by atoms with Gasteiger partial charge in [-0.15, -0.1) is 0 Å². The van der Waals surface area contributed by atoms with Crippen LogP contribution in [0, 0.1) is 5.92 Å². The van der Waals surface area contributed by atoms with Gasteiger partial charge < -0.3 is 10.4 Å². The molecule has 0 aromatic carbocycles. The molecule has 0 heterocycles. The highest BCUT2D eigenvalue weighted by Gasteiger charge is 2.26. The molecule has 0 aliphatic heterocycles. The molecule has 0 saturated heterocycles. The van der Waals surface area contributed by atoms with Crippen molar-refractivity contribution in [1.82, 2.24) is 10.2 Å². The zero-order chi connectivity index (χ0) is 10.4. The summed E-state index contributed by atoms with van der Waals surface area (Å²) in [5.41, 5.74) is 0. The second-order valence-corrected chi connectivity index (χ2v) is 4.35. The van der Waals surface area contributed by atoms with Gasteiger partial charge >= 0.3 is 0 Å². The molecule has 14 heavy (non-hydrogen) atoms. The molecular formula is C11H24N2O. The van der Waals surface area contributed by atoms with Gasteiger partial charge in [-0.1, -0.05) is 13.8 Å². The zero-order valence-corrected chi connectivity index (χ0v) is 9.50. The van der Waals surface area contributed by atoms with Gasteiger partial charge in [0, 0.05) is 25.7 Å². The molecule has 3 nitrogen and oxygen atoms in total. The van der Waals surface area contributed by atoms with E-state index in [-0.39, 0.29) is 6.61 Å². The predicted octanol–water partition coefficient (Wildman–Crippen LogP) is 0.689. The van der Waals surface area contributed by atoms with Crippen molar-refractivity contribution in [3.05, 3.63) is 0 Å². The van der Waals surface area contributed by atoms with E-state index in [0.717, 1.165) is 25.7 Å². The summed E-state index contributed by atoms with van der Waals surface area (Å²) in [4.78, 5) is 2.54. The third kappa shape index (κ3) is 4.40. The number of aliphatic hydroxyl groups is 1. The molecule has 1 unspecified atom stereocenters. The lowest BCUT2D eigenvalue weighted by molar-refractivity contribution is 0.228. The van der Waals surface area contributed by atoms with Crippen LogP contribution >= 0.6 is 0 Å². The molecule has 1 rings (SSSR count). The minimum absolute atomic E-state index is 0.285. The fraction of sp³-hybridized carbons (Fsp3) is 1.00. The van der Waals surface area contributed by atoms with E-state index in [1.165, 1.54) is 19.4 Å². The molecule has 1 aliphatic rings. The Kier molecular flexibility index (Phi) is 5.45. The van der Waals surface area contributed by atoms with E-state index in [1.54, 1.807) is 0 Å². The van der Waals surface area contributed by atoms with Gasteiger partial charge in [0.15, 0.2) is 0 Å². The van der Waals surface area contributed by atoms with Crippen molar-refractivity contribution >= 4 is 0 Å². The van der Waals surface area contributed by atoms with E-state index in [9.17, 15) is 0 Å². The summed E-state index contributed by atoms with van der Waals surface area (Å²) < 4.78 is 0. The third-order valence-corrected chi connectivity index (χ3v) is 2.85. The maximum Gasteiger partial charge on any atom is 0.0468 e. The Bertz CT molecular complexity index is 148. The van der Waals surface area contributed by atoms with Crippen LogP contribution in [-0.2, 0) is 0 Å². The highest BCUT2D eigenvalue weighted by Crippen LogP contribution is 2.25. The molecule has 0 amide bonds. The monoisotopic (exact) mass is 200 g/mol. The average molecular weight is 200 g/mol. The van der Waals surface area contributed by atoms with Crippen molar-refractivity contribution in [2.75, 3.05) is 32.8 Å². The lowest BCUT2D eigenvalue weighted by Crippen LogP contribution is -2.35. The molecule has 1 atom stereocenters. The van der Waals surface area contributed by atoms with E-state index in [2.05, 4.69) is 24.1 Å². The summed E-state index contributed by atoms with van der Waals surface area (Å²) in [5.74, 6) is 0.381. The van der Waals surface area contributed by atoms with Gasteiger partial charge in [-0.05, 0) is 31.8 Å². The minimum Gasteiger partial charge on any atom is -0.396 e. The molecule has 0 aromatic heterocycles. The van der Waals surface area contributed by atoms with E-state index in [1.807, 2.05) is 0 Å². The topological polar surface area (TPSA) is 35.5 Å². The van der Waals surface area contributed by atoms with Gasteiger partial charge in [0.25, 0.3) is 0 Å². The Hall–Kier alpha value is -0.120. The lowest BCUT2D eigenvalue weighted by atomic mass is 10.2. The molecule has 1 aliphatic carbocycles. The maximum atomic E-state index is 8.84. The number of aliphatic hydroxyl groups excluding tert-OH is 1. The first-order chi connectivity index (χ1) is 6.77. The van der Waals surface area contributed by atoms with Crippen LogP contribution < -0.4 is 5.32 Å². The second kappa shape index (κ2) is 6.38. The van der Waals surface area contributed by atoms with E-state index in [4.69, 9.17) is 5.11 Å². The van der Waals surface area contributed by atoms with Crippen molar-refractivity contribution in [2.45, 2.75) is 32.7 Å². The van der Waals surface area contributed by atoms with E-state index in [0.29, 0.717) is 5.92 Å². The molecule has 1 fully saturated rings. The smallest absolute Gasteiger partial charge is 0.0468 e. The zero-order valence-electron chi connectivity index (χ0n) is 9.50. The minimum atomic E-state index is 0.285. The van der Waals surface area contributed by atoms with Crippen LogP contribution in [0.4, 0.5) is 0 Å². The SMILES string of the molecule is CCN(CCNCC(C)CO)C1CC1. The highest BCUT2D eigenvalue weighted by molar-refractivity contribution is 4.83. The summed E-state index contributed by atoms with van der Waals surface area (Å²) in [6.07, 6.45) is 2.78. The van der Waals surface area contributed by atoms with Gasteiger partial charge in [-0.2, -0.15) is 0 Å². The summed E-state index contributed by atoms with van der Waals surface area (Å²) in [6.45, 7) is 8.88. The van der Waals surface area contributed by atoms with Crippen LogP contribution in [0.25, 0.3) is 0 Å². The van der Waals surface area contributed by atoms with E-state index >= 15 is 0 Å². The number of hydrogen-bond acceptors (Lipinski definition) is 3. The van der Waals surface area contributed by atoms with Crippen molar-refractivity contribution in [1.29, 1.82) is 0 Å². The summed E-state index contributed by atoms with van der Waals surface area (Å²) in [6, 6.07) is 0.872. The Labute approximate surface area is 87.5 Å². The predicted molar refractivity (Wildman–Crippen MR) is 59.4 cm³/mol. The summed E-state index contributed by atoms with van der Waals surface area (Å²) in [7, 11) is 0. The average Bonchev–Trinajstić information content (AvgIpc) is 3.01. The van der Waals surface area contributed by atoms with Gasteiger partial charge in [0.2, 0.25) is 0 Å². The van der Waals surface area contributed by atoms with Crippen LogP contribution in [0.1, 0.15) is 26.7 Å². The molecule has 3 heteroatoms. The molecule has 0 spiro atoms. The Morgan fingerprint density at radius 1 is 1.50 bits per heavy atom. The van der Waals surface area contributed by atoms with E-state index < -0.39 is 0 Å². The molecule has 0 aromatic rings. The number of rotatable bonds is 8. The van der Waals surface area contributed by atoms with Crippen molar-refractivity contribution in [3.8, 4) is 0 Å². The first-order valence-electron chi connectivity index (χ1n) is 5.83. The van der Waals surface area contributed by atoms with Gasteiger partial charge in [-0.25, -0.2) is 0 Å². The maximum absolute atomic E-state index is 8.84. The van der Waals surface area contributed by atoms with Crippen LogP contribution in [0.3, 0.4) is 0 Å². The standard InChI is InChI=1S/C11H24N2O/c1-3-13(11-4-5-11)7-6-12-8-10(2)9-14/h10-12,14H,3-9H2,1-2H3. The fourth-order valence-electron chi connectivity index (χ4n) is 1.67. The van der Waals surface area contributed by atoms with Gasteiger partial charge in [0.1, 0.15) is 0 Å². The number of nitrogens with zero attached hydrogens (tertiary/aromatic N) is 1. The number of hydrogen-bond donors (Lipinski definition) is 2. The number of nitrogens with one attached hydrogen (secondary N) is 1. The molecule has 84 valence electrons. The van der Waals surface area contributed by atoms with Crippen molar-refractivity contribution in [3.63, 3.8) is 0 Å². The highest BCUT2D eigenvalue weighted by atomic mass is 16.3. The number of likely N-dealkylation sites (N-methyl/N-ethyl adjacent to an activating group) is 1. The van der Waals surface area contributed by atoms with Crippen LogP contribution in [0.15, 0.2) is 0 Å². The van der Waals surface area contributed by atoms with Crippen molar-refractivity contribution < 1.29 is 5.11 Å². The Balaban J connectivity index is 1.96. The largest absolute Gasteiger partial charge is 0.396 e. The Morgan fingerprint density at radius 3 is 2.71 bits per heavy atom. The van der Waals surface area contributed by atoms with Gasteiger partial charge in [0.05, 0.1) is 0 Å². The Morgan fingerprint density at radius 2 is 2.21 bits per heavy atom. The van der Waals surface area contributed by atoms with Gasteiger partial charge in [-0.3, -0.25) is 4.90 Å². The quantitative estimate of drug-likeness (QED) is 0.566. The normalized spacial score (nSPS) is 18.9. The molecule has 0 bridgehead atoms. The van der Waals surface area contributed by atoms with Crippen molar-refractivity contribution in [2.24, 2.45) is 5.92 Å². The second-order valence-electron chi connectivity index (χ2n) is 4.35. The van der Waals surface area contributed by atoms with Crippen LogP contribution in [-0.4, -0.2) is 48.8 Å². The fourth-order valence-corrected chi connectivity index (χ4v) is 1.67. The summed E-state index contributed by atoms with van der Waals surface area (Å²) in [5, 5.41) is 12.2. The lowest BCUT2D eigenvalue weighted by Gasteiger charge is -2.20. The third-order valence-electron chi connectivity index (χ3n) is 2.85. The first kappa shape index (κ1) is 12.0. The molecular weight excluding hydrogens is 176 g/mol. The summed E-state index contributed by atoms with van der Waals surface area (Å²) >= 11 is 0. The molecule has 0 radical (unpaired) electrons. The van der Waals surface area contributed by atoms with Crippen LogP contribution in [0.5, 0.6) is 0 Å². The molecule has 2 N–H and O–H groups in total.